The van der Waals surface area contributed by atoms with Crippen LogP contribution in [0.2, 0.25) is 0 Å². The van der Waals surface area contributed by atoms with Crippen molar-refractivity contribution in [1.29, 1.82) is 0 Å². The summed E-state index contributed by atoms with van der Waals surface area (Å²) in [5, 5.41) is 31.7. The Kier molecular flexibility index (Phi) is 3.28. The number of halogens is 1. The predicted molar refractivity (Wildman–Crippen MR) is 47.1 cm³/mol. The van der Waals surface area contributed by atoms with Crippen molar-refractivity contribution in [3.63, 3.8) is 0 Å². The van der Waals surface area contributed by atoms with Crippen molar-refractivity contribution in [1.82, 2.24) is 0 Å². The van der Waals surface area contributed by atoms with Gasteiger partial charge in [-0.05, 0) is 12.1 Å². The van der Waals surface area contributed by atoms with E-state index in [1.807, 2.05) is 0 Å². The van der Waals surface area contributed by atoms with Crippen LogP contribution in [0.1, 0.15) is 31.1 Å². The van der Waals surface area contributed by atoms with Crippen LogP contribution in [-0.2, 0) is 0 Å². The van der Waals surface area contributed by atoms with Crippen LogP contribution in [0.5, 0.6) is 0 Å². The van der Waals surface area contributed by atoms with Gasteiger partial charge in [0.15, 0.2) is 0 Å². The largest absolute Gasteiger partial charge is 0.545 e. The molecule has 0 aliphatic carbocycles. The lowest BCUT2D eigenvalue weighted by Crippen LogP contribution is -2.31. The van der Waals surface area contributed by atoms with Gasteiger partial charge in [0.1, 0.15) is 0 Å². The molecule has 1 aromatic rings. The van der Waals surface area contributed by atoms with E-state index in [1.165, 1.54) is 0 Å². The molecule has 0 bridgehead atoms. The molecule has 0 atom stereocenters. The van der Waals surface area contributed by atoms with E-state index < -0.39 is 34.6 Å². The molecule has 0 unspecified atom stereocenters. The third kappa shape index (κ3) is 2.19. The van der Waals surface area contributed by atoms with Gasteiger partial charge in [-0.25, -0.2) is 0 Å². The van der Waals surface area contributed by atoms with Crippen LogP contribution in [0.4, 0.5) is 0 Å². The molecule has 0 saturated heterocycles. The highest BCUT2D eigenvalue weighted by molar-refractivity contribution is 9.10. The summed E-state index contributed by atoms with van der Waals surface area (Å²) in [6.07, 6.45) is 0. The van der Waals surface area contributed by atoms with Crippen LogP contribution in [0.3, 0.4) is 0 Å². The van der Waals surface area contributed by atoms with Gasteiger partial charge in [0.05, 0.1) is 17.9 Å². The Balaban J connectivity index is 3.55. The van der Waals surface area contributed by atoms with E-state index in [2.05, 4.69) is 15.9 Å². The number of carboxylic acid groups (broad SMARTS) is 3. The first-order valence-electron chi connectivity index (χ1n) is 3.82. The standard InChI is InChI=1S/C9H5BrO6/c10-6-2-4(8(13)14)3(7(11)12)1-5(6)9(15)16/h1-2H,(H,11,12)(H,13,14)(H,15,16)/p-3. The van der Waals surface area contributed by atoms with Crippen molar-refractivity contribution in [2.75, 3.05) is 0 Å². The SMILES string of the molecule is O=C([O-])c1cc(C(=O)[O-])c(C(=O)[O-])cc1Br. The summed E-state index contributed by atoms with van der Waals surface area (Å²) in [5.74, 6) is -5.20. The number of benzene rings is 1. The second-order valence-electron chi connectivity index (χ2n) is 2.74. The number of rotatable bonds is 3. The van der Waals surface area contributed by atoms with Crippen molar-refractivity contribution in [2.24, 2.45) is 0 Å². The van der Waals surface area contributed by atoms with E-state index >= 15 is 0 Å². The zero-order chi connectivity index (χ0) is 12.5. The topological polar surface area (TPSA) is 120 Å². The van der Waals surface area contributed by atoms with E-state index in [4.69, 9.17) is 0 Å². The molecule has 0 radical (unpaired) electrons. The van der Waals surface area contributed by atoms with Gasteiger partial charge in [-0.15, -0.1) is 0 Å². The first-order chi connectivity index (χ1) is 7.34. The molecule has 0 fully saturated rings. The fraction of sp³-hybridized carbons (Fsp3) is 0. The highest BCUT2D eigenvalue weighted by Crippen LogP contribution is 2.21. The molecule has 0 spiro atoms. The van der Waals surface area contributed by atoms with Gasteiger partial charge in [-0.1, -0.05) is 15.9 Å². The van der Waals surface area contributed by atoms with Gasteiger partial charge in [0, 0.05) is 21.2 Å². The maximum absolute atomic E-state index is 10.6. The maximum atomic E-state index is 10.6. The lowest BCUT2D eigenvalue weighted by molar-refractivity contribution is -0.259. The molecule has 0 saturated carbocycles. The van der Waals surface area contributed by atoms with Crippen LogP contribution in [0.25, 0.3) is 0 Å². The Morgan fingerprint density at radius 2 is 1.19 bits per heavy atom. The first kappa shape index (κ1) is 12.2. The molecule has 16 heavy (non-hydrogen) atoms. The third-order valence-electron chi connectivity index (χ3n) is 1.77. The second-order valence-corrected chi connectivity index (χ2v) is 3.59. The lowest BCUT2D eigenvalue weighted by Gasteiger charge is -2.15. The van der Waals surface area contributed by atoms with Crippen molar-refractivity contribution < 1.29 is 29.7 Å². The first-order valence-corrected chi connectivity index (χ1v) is 4.61. The molecule has 6 nitrogen and oxygen atoms in total. The maximum Gasteiger partial charge on any atom is 0.0726 e. The minimum Gasteiger partial charge on any atom is -0.545 e. The highest BCUT2D eigenvalue weighted by atomic mass is 79.9. The summed E-state index contributed by atoms with van der Waals surface area (Å²) in [6.45, 7) is 0. The van der Waals surface area contributed by atoms with E-state index in [0.717, 1.165) is 6.07 Å². The van der Waals surface area contributed by atoms with Crippen LogP contribution >= 0.6 is 15.9 Å². The number of hydrogen-bond donors (Lipinski definition) is 0. The van der Waals surface area contributed by atoms with Crippen LogP contribution in [-0.4, -0.2) is 17.9 Å². The van der Waals surface area contributed by atoms with Gasteiger partial charge < -0.3 is 29.7 Å². The van der Waals surface area contributed by atoms with Gasteiger partial charge >= 0.3 is 0 Å². The molecule has 0 amide bonds. The average molecular weight is 286 g/mol. The molecule has 0 aliphatic heterocycles. The smallest absolute Gasteiger partial charge is 0.0726 e. The molecule has 0 aromatic heterocycles. The minimum absolute atomic E-state index is 0.114. The molecule has 7 heteroatoms. The molecule has 84 valence electrons. The van der Waals surface area contributed by atoms with Gasteiger partial charge in [0.25, 0.3) is 0 Å². The average Bonchev–Trinajstić information content (AvgIpc) is 2.15. The van der Waals surface area contributed by atoms with E-state index in [1.54, 1.807) is 0 Å². The summed E-state index contributed by atoms with van der Waals surface area (Å²) in [7, 11) is 0. The predicted octanol–water partition coefficient (Wildman–Crippen LogP) is -2.46. The molecule has 0 aliphatic rings. The monoisotopic (exact) mass is 285 g/mol. The van der Waals surface area contributed by atoms with Gasteiger partial charge in [-0.2, -0.15) is 0 Å². The van der Waals surface area contributed by atoms with Crippen molar-refractivity contribution in [3.05, 3.63) is 33.3 Å². The van der Waals surface area contributed by atoms with E-state index in [9.17, 15) is 29.7 Å². The summed E-state index contributed by atoms with van der Waals surface area (Å²) < 4.78 is -0.114. The highest BCUT2D eigenvalue weighted by Gasteiger charge is 2.10. The lowest BCUT2D eigenvalue weighted by atomic mass is 10.0. The minimum atomic E-state index is -1.81. The van der Waals surface area contributed by atoms with E-state index in [0.29, 0.717) is 6.07 Å². The Morgan fingerprint density at radius 1 is 0.812 bits per heavy atom. The fourth-order valence-corrected chi connectivity index (χ4v) is 1.57. The van der Waals surface area contributed by atoms with Crippen LogP contribution in [0, 0.1) is 0 Å². The number of hydrogen-bond acceptors (Lipinski definition) is 6. The number of carbonyl (C=O) groups is 3. The van der Waals surface area contributed by atoms with E-state index in [-0.39, 0.29) is 4.47 Å². The van der Waals surface area contributed by atoms with Crippen molar-refractivity contribution >= 4 is 33.8 Å². The van der Waals surface area contributed by atoms with Crippen molar-refractivity contribution in [2.45, 2.75) is 0 Å². The molecule has 1 aromatic carbocycles. The Morgan fingerprint density at radius 3 is 1.56 bits per heavy atom. The summed E-state index contributed by atoms with van der Waals surface area (Å²) in [4.78, 5) is 31.7. The number of carbonyl (C=O) groups excluding carboxylic acids is 3. The van der Waals surface area contributed by atoms with Crippen LogP contribution < -0.4 is 15.3 Å². The molecular formula is C9H2BrO6-3. The molecule has 0 heterocycles. The summed E-state index contributed by atoms with van der Waals surface area (Å²) in [5.41, 5.74) is -1.93. The van der Waals surface area contributed by atoms with Crippen molar-refractivity contribution in [3.8, 4) is 0 Å². The van der Waals surface area contributed by atoms with Crippen LogP contribution in [0.15, 0.2) is 16.6 Å². The Labute approximate surface area is 97.3 Å². The summed E-state index contributed by atoms with van der Waals surface area (Å²) in [6, 6.07) is 1.45. The number of aromatic carboxylic acids is 3. The van der Waals surface area contributed by atoms with Gasteiger partial charge in [0.2, 0.25) is 0 Å². The number of carboxylic acids is 3. The summed E-state index contributed by atoms with van der Waals surface area (Å²) >= 11 is 2.77. The fourth-order valence-electron chi connectivity index (χ4n) is 1.07. The quantitative estimate of drug-likeness (QED) is 0.607. The zero-order valence-corrected chi connectivity index (χ0v) is 9.07. The third-order valence-corrected chi connectivity index (χ3v) is 2.42. The Hall–Kier alpha value is -1.89. The van der Waals surface area contributed by atoms with Gasteiger partial charge in [-0.3, -0.25) is 0 Å². The normalized spacial score (nSPS) is 9.81. The molecule has 1 rings (SSSR count). The molecular weight excluding hydrogens is 284 g/mol. The Bertz CT molecular complexity index is 493. The second kappa shape index (κ2) is 4.31. The zero-order valence-electron chi connectivity index (χ0n) is 7.48. The molecule has 0 N–H and O–H groups in total.